The number of ether oxygens (including phenoxy) is 1. The van der Waals surface area contributed by atoms with E-state index in [4.69, 9.17) is 4.74 Å². The van der Waals surface area contributed by atoms with E-state index >= 15 is 0 Å². The molecule has 2 aliphatic rings. The van der Waals surface area contributed by atoms with E-state index in [0.717, 1.165) is 50.6 Å². The number of hydrogen-bond acceptors (Lipinski definition) is 6. The fourth-order valence-corrected chi connectivity index (χ4v) is 3.59. The second kappa shape index (κ2) is 6.22. The van der Waals surface area contributed by atoms with Gasteiger partial charge in [-0.15, -0.1) is 0 Å². The van der Waals surface area contributed by atoms with Crippen LogP contribution < -0.4 is 5.32 Å². The van der Waals surface area contributed by atoms with Crippen molar-refractivity contribution in [2.75, 3.05) is 25.0 Å². The zero-order valence-corrected chi connectivity index (χ0v) is 13.1. The molecule has 120 valence electrons. The molecule has 2 atom stereocenters. The van der Waals surface area contributed by atoms with Crippen LogP contribution in [0.5, 0.6) is 0 Å². The van der Waals surface area contributed by atoms with Crippen molar-refractivity contribution in [3.05, 3.63) is 48.7 Å². The van der Waals surface area contributed by atoms with Gasteiger partial charge in [0.2, 0.25) is 0 Å². The first-order chi connectivity index (χ1) is 11.3. The first-order valence-electron chi connectivity index (χ1n) is 8.10. The molecule has 2 aliphatic heterocycles. The maximum Gasteiger partial charge on any atom is 0.144 e. The van der Waals surface area contributed by atoms with Gasteiger partial charge < -0.3 is 10.1 Å². The molecular formula is C17H21N5O. The summed E-state index contributed by atoms with van der Waals surface area (Å²) >= 11 is 0. The molecular weight excluding hydrogens is 290 g/mol. The summed E-state index contributed by atoms with van der Waals surface area (Å²) in [6.45, 7) is 3.67. The third-order valence-electron chi connectivity index (χ3n) is 4.63. The Labute approximate surface area is 135 Å². The quantitative estimate of drug-likeness (QED) is 0.927. The lowest BCUT2D eigenvalue weighted by molar-refractivity contribution is 0.0119. The molecule has 0 amide bonds. The molecule has 1 N–H and O–H groups in total. The van der Waals surface area contributed by atoms with Crippen LogP contribution in [-0.4, -0.2) is 51.2 Å². The minimum absolute atomic E-state index is 0.0192. The van der Waals surface area contributed by atoms with Crippen molar-refractivity contribution in [1.82, 2.24) is 19.9 Å². The van der Waals surface area contributed by atoms with E-state index in [1.165, 1.54) is 0 Å². The molecule has 2 saturated heterocycles. The summed E-state index contributed by atoms with van der Waals surface area (Å²) in [5.74, 6) is 0.821. The van der Waals surface area contributed by atoms with Crippen LogP contribution in [0.2, 0.25) is 0 Å². The third kappa shape index (κ3) is 3.33. The van der Waals surface area contributed by atoms with Crippen LogP contribution in [0.15, 0.2) is 43.0 Å². The summed E-state index contributed by atoms with van der Waals surface area (Å²) < 4.78 is 6.18. The summed E-state index contributed by atoms with van der Waals surface area (Å²) in [5.41, 5.74) is 1.10. The second-order valence-corrected chi connectivity index (χ2v) is 6.41. The van der Waals surface area contributed by atoms with Crippen LogP contribution in [0, 0.1) is 0 Å². The number of pyridine rings is 1. The molecule has 6 heteroatoms. The SMILES string of the molecule is c1ccc(CN2CCC3(CC(Nc4cnccn4)CO3)C2)nc1. The van der Waals surface area contributed by atoms with Gasteiger partial charge in [0.25, 0.3) is 0 Å². The summed E-state index contributed by atoms with van der Waals surface area (Å²) in [4.78, 5) is 15.2. The fourth-order valence-electron chi connectivity index (χ4n) is 3.59. The van der Waals surface area contributed by atoms with Gasteiger partial charge in [-0.1, -0.05) is 6.07 Å². The molecule has 2 fully saturated rings. The van der Waals surface area contributed by atoms with Gasteiger partial charge in [0, 0.05) is 44.6 Å². The van der Waals surface area contributed by atoms with Gasteiger partial charge in [-0.25, -0.2) is 4.98 Å². The minimum atomic E-state index is -0.0192. The van der Waals surface area contributed by atoms with Gasteiger partial charge in [0.05, 0.1) is 30.1 Å². The van der Waals surface area contributed by atoms with Crippen LogP contribution in [0.4, 0.5) is 5.82 Å². The summed E-state index contributed by atoms with van der Waals surface area (Å²) in [5, 5.41) is 3.43. The third-order valence-corrected chi connectivity index (χ3v) is 4.63. The number of likely N-dealkylation sites (tertiary alicyclic amines) is 1. The normalized spacial score (nSPS) is 27.6. The number of nitrogens with zero attached hydrogens (tertiary/aromatic N) is 4. The number of nitrogens with one attached hydrogen (secondary N) is 1. The fraction of sp³-hybridized carbons (Fsp3) is 0.471. The lowest BCUT2D eigenvalue weighted by atomic mass is 9.97. The molecule has 0 aromatic carbocycles. The number of rotatable bonds is 4. The summed E-state index contributed by atoms with van der Waals surface area (Å²) in [6.07, 6.45) is 9.10. The maximum atomic E-state index is 6.18. The van der Waals surface area contributed by atoms with Crippen LogP contribution in [0.25, 0.3) is 0 Å². The molecule has 0 saturated carbocycles. The monoisotopic (exact) mass is 311 g/mol. The highest BCUT2D eigenvalue weighted by molar-refractivity contribution is 5.32. The van der Waals surface area contributed by atoms with Gasteiger partial charge in [0.15, 0.2) is 0 Å². The standard InChI is InChI=1S/C17H21N5O/c1-2-5-19-14(3-1)11-22-8-4-17(13-22)9-15(12-23-17)21-16-10-18-6-7-20-16/h1-3,5-7,10,15H,4,8-9,11-13H2,(H,20,21). The zero-order chi connectivity index (χ0) is 15.5. The highest BCUT2D eigenvalue weighted by Gasteiger charge is 2.45. The maximum absolute atomic E-state index is 6.18. The largest absolute Gasteiger partial charge is 0.371 e. The topological polar surface area (TPSA) is 63.2 Å². The number of anilines is 1. The Morgan fingerprint density at radius 3 is 3.09 bits per heavy atom. The van der Waals surface area contributed by atoms with Gasteiger partial charge in [-0.2, -0.15) is 0 Å². The smallest absolute Gasteiger partial charge is 0.144 e. The van der Waals surface area contributed by atoms with E-state index in [9.17, 15) is 0 Å². The van der Waals surface area contributed by atoms with Crippen LogP contribution in [-0.2, 0) is 11.3 Å². The zero-order valence-electron chi connectivity index (χ0n) is 13.1. The molecule has 2 aromatic rings. The van der Waals surface area contributed by atoms with Crippen molar-refractivity contribution in [2.45, 2.75) is 31.0 Å². The van der Waals surface area contributed by atoms with Crippen LogP contribution >= 0.6 is 0 Å². The summed E-state index contributed by atoms with van der Waals surface area (Å²) in [7, 11) is 0. The molecule has 6 nitrogen and oxygen atoms in total. The Balaban J connectivity index is 1.34. The van der Waals surface area contributed by atoms with Gasteiger partial charge in [-0.05, 0) is 18.6 Å². The average molecular weight is 311 g/mol. The van der Waals surface area contributed by atoms with Crippen LogP contribution in [0.1, 0.15) is 18.5 Å². The Kier molecular flexibility index (Phi) is 3.93. The van der Waals surface area contributed by atoms with Crippen molar-refractivity contribution < 1.29 is 4.74 Å². The van der Waals surface area contributed by atoms with Crippen LogP contribution in [0.3, 0.4) is 0 Å². The van der Waals surface area contributed by atoms with E-state index in [1.54, 1.807) is 18.6 Å². The lowest BCUT2D eigenvalue weighted by Gasteiger charge is -2.23. The predicted octanol–water partition coefficient (Wildman–Crippen LogP) is 1.72. The van der Waals surface area contributed by atoms with Crippen molar-refractivity contribution in [3.8, 4) is 0 Å². The number of aromatic nitrogens is 3. The van der Waals surface area contributed by atoms with E-state index in [2.05, 4.69) is 31.2 Å². The minimum Gasteiger partial charge on any atom is -0.371 e. The first kappa shape index (κ1) is 14.5. The van der Waals surface area contributed by atoms with Gasteiger partial charge in [-0.3, -0.25) is 14.9 Å². The second-order valence-electron chi connectivity index (χ2n) is 6.41. The predicted molar refractivity (Wildman–Crippen MR) is 86.9 cm³/mol. The van der Waals surface area contributed by atoms with Crippen molar-refractivity contribution in [3.63, 3.8) is 0 Å². The molecule has 2 unspecified atom stereocenters. The molecule has 0 bridgehead atoms. The van der Waals surface area contributed by atoms with Crippen molar-refractivity contribution in [1.29, 1.82) is 0 Å². The van der Waals surface area contributed by atoms with Gasteiger partial charge in [0.1, 0.15) is 5.82 Å². The molecule has 0 radical (unpaired) electrons. The van der Waals surface area contributed by atoms with E-state index in [0.29, 0.717) is 6.04 Å². The summed E-state index contributed by atoms with van der Waals surface area (Å²) in [6, 6.07) is 6.39. The number of hydrogen-bond donors (Lipinski definition) is 1. The molecule has 2 aromatic heterocycles. The lowest BCUT2D eigenvalue weighted by Crippen LogP contribution is -2.33. The Hall–Kier alpha value is -2.05. The highest BCUT2D eigenvalue weighted by Crippen LogP contribution is 2.36. The highest BCUT2D eigenvalue weighted by atomic mass is 16.5. The van der Waals surface area contributed by atoms with Crippen molar-refractivity contribution >= 4 is 5.82 Å². The molecule has 1 spiro atoms. The molecule has 4 rings (SSSR count). The van der Waals surface area contributed by atoms with E-state index < -0.39 is 0 Å². The first-order valence-corrected chi connectivity index (χ1v) is 8.10. The van der Waals surface area contributed by atoms with Gasteiger partial charge >= 0.3 is 0 Å². The van der Waals surface area contributed by atoms with E-state index in [-0.39, 0.29) is 5.60 Å². The molecule has 0 aliphatic carbocycles. The molecule has 23 heavy (non-hydrogen) atoms. The van der Waals surface area contributed by atoms with Crippen molar-refractivity contribution in [2.24, 2.45) is 0 Å². The van der Waals surface area contributed by atoms with E-state index in [1.807, 2.05) is 18.3 Å². The molecule has 4 heterocycles. The Morgan fingerprint density at radius 2 is 2.26 bits per heavy atom. The Morgan fingerprint density at radius 1 is 1.26 bits per heavy atom. The Bertz CT molecular complexity index is 578. The average Bonchev–Trinajstić information content (AvgIpc) is 3.16.